The van der Waals surface area contributed by atoms with Gasteiger partial charge in [0, 0.05) is 31.9 Å². The Hall–Kier alpha value is -2.81. The Bertz CT molecular complexity index is 1270. The number of benzene rings is 2. The van der Waals surface area contributed by atoms with Gasteiger partial charge in [0.1, 0.15) is 5.82 Å². The number of hydrogen-bond acceptors (Lipinski definition) is 3. The van der Waals surface area contributed by atoms with Crippen LogP contribution in [0.25, 0.3) is 5.57 Å². The summed E-state index contributed by atoms with van der Waals surface area (Å²) in [5.41, 5.74) is 5.73. The molecule has 0 saturated carbocycles. The molecule has 2 aromatic carbocycles. The van der Waals surface area contributed by atoms with Crippen molar-refractivity contribution in [3.8, 4) is 0 Å². The summed E-state index contributed by atoms with van der Waals surface area (Å²) < 4.78 is 13.9. The maximum Gasteiger partial charge on any atom is 0.250 e. The molecule has 2 unspecified atom stereocenters. The van der Waals surface area contributed by atoms with Gasteiger partial charge in [-0.2, -0.15) is 0 Å². The molecule has 0 spiro atoms. The van der Waals surface area contributed by atoms with E-state index in [0.29, 0.717) is 37.8 Å². The molecule has 2 atom stereocenters. The van der Waals surface area contributed by atoms with Crippen LogP contribution in [0.5, 0.6) is 0 Å². The van der Waals surface area contributed by atoms with E-state index >= 15 is 0 Å². The van der Waals surface area contributed by atoms with Crippen molar-refractivity contribution in [1.82, 2.24) is 9.80 Å². The van der Waals surface area contributed by atoms with E-state index in [1.807, 2.05) is 30.2 Å². The summed E-state index contributed by atoms with van der Waals surface area (Å²) in [5.74, 6) is 0.732. The van der Waals surface area contributed by atoms with Gasteiger partial charge in [-0.05, 0) is 72.9 Å². The number of carbonyl (C=O) groups excluding carboxylic acids is 1. The van der Waals surface area contributed by atoms with Crippen LogP contribution in [0.3, 0.4) is 0 Å². The number of amides is 1. The van der Waals surface area contributed by atoms with Crippen molar-refractivity contribution in [3.63, 3.8) is 0 Å². The molecular weight excluding hydrogens is 590 g/mol. The number of nitrogens with zero attached hydrogens (tertiary/aromatic N) is 4. The minimum atomic E-state index is -0.266. The van der Waals surface area contributed by atoms with Gasteiger partial charge < -0.3 is 9.80 Å². The first kappa shape index (κ1) is 28.2. The fourth-order valence-electron chi connectivity index (χ4n) is 5.20. The van der Waals surface area contributed by atoms with Gasteiger partial charge in [0.05, 0.1) is 16.3 Å². The topological polar surface area (TPSA) is 48.3 Å². The van der Waals surface area contributed by atoms with Crippen LogP contribution >= 0.6 is 22.6 Å². The second-order valence-corrected chi connectivity index (χ2v) is 11.4. The van der Waals surface area contributed by atoms with Crippen molar-refractivity contribution in [3.05, 3.63) is 88.9 Å². The van der Waals surface area contributed by atoms with Gasteiger partial charge in [0.15, 0.2) is 5.84 Å². The minimum Gasteiger partial charge on any atom is -0.354 e. The molecule has 0 aromatic heterocycles. The average molecular weight is 627 g/mol. The summed E-state index contributed by atoms with van der Waals surface area (Å²) in [6, 6.07) is 15.3. The Kier molecular flexibility index (Phi) is 9.52. The highest BCUT2D eigenvalue weighted by atomic mass is 127. The molecule has 2 aromatic rings. The van der Waals surface area contributed by atoms with Gasteiger partial charge >= 0.3 is 0 Å². The normalized spacial score (nSPS) is 19.1. The van der Waals surface area contributed by atoms with Gasteiger partial charge in [-0.15, -0.1) is 0 Å². The molecule has 1 fully saturated rings. The van der Waals surface area contributed by atoms with Crippen LogP contribution in [0.4, 0.5) is 4.39 Å². The molecule has 0 N–H and O–H groups in total. The number of hydrogen-bond donors (Lipinski definition) is 0. The van der Waals surface area contributed by atoms with E-state index in [0.717, 1.165) is 47.2 Å². The third-order valence-corrected chi connectivity index (χ3v) is 8.59. The Morgan fingerprint density at radius 1 is 1.21 bits per heavy atom. The number of fused-ring (bicyclic) bond motifs is 1. The number of aryl methyl sites for hydroxylation is 1. The fraction of sp³-hybridized carbons (Fsp3) is 0.387. The van der Waals surface area contributed by atoms with E-state index in [1.165, 1.54) is 11.6 Å². The molecule has 1 aliphatic carbocycles. The monoisotopic (exact) mass is 626 g/mol. The molecule has 1 heterocycles. The zero-order chi connectivity index (χ0) is 27.2. The number of carbonyl (C=O) groups is 1. The highest BCUT2D eigenvalue weighted by Gasteiger charge is 2.32. The summed E-state index contributed by atoms with van der Waals surface area (Å²) in [6.07, 6.45) is 5.37. The number of alkyl halides is 1. The van der Waals surface area contributed by atoms with Gasteiger partial charge in [-0.25, -0.2) is 9.38 Å². The predicted molar refractivity (Wildman–Crippen MR) is 163 cm³/mol. The first-order valence-electron chi connectivity index (χ1n) is 13.2. The molecule has 38 heavy (non-hydrogen) atoms. The number of halogens is 2. The highest BCUT2D eigenvalue weighted by molar-refractivity contribution is 14.1. The van der Waals surface area contributed by atoms with Crippen molar-refractivity contribution in [2.45, 2.75) is 43.6 Å². The van der Waals surface area contributed by atoms with Gasteiger partial charge in [-0.3, -0.25) is 9.79 Å². The molecule has 1 saturated heterocycles. The summed E-state index contributed by atoms with van der Waals surface area (Å²) in [5, 5.41) is 0. The van der Waals surface area contributed by atoms with Crippen LogP contribution in [-0.2, 0) is 17.6 Å². The third-order valence-electron chi connectivity index (χ3n) is 7.53. The van der Waals surface area contributed by atoms with E-state index in [2.05, 4.69) is 70.3 Å². The first-order valence-corrected chi connectivity index (χ1v) is 14.5. The third kappa shape index (κ3) is 6.42. The van der Waals surface area contributed by atoms with Gasteiger partial charge in [-0.1, -0.05) is 72.5 Å². The van der Waals surface area contributed by atoms with E-state index < -0.39 is 0 Å². The Balaban J connectivity index is 1.40. The Labute approximate surface area is 239 Å². The van der Waals surface area contributed by atoms with Crippen LogP contribution < -0.4 is 0 Å². The lowest BCUT2D eigenvalue weighted by molar-refractivity contribution is -0.128. The molecular formula is C31H36FIN4O. The molecule has 1 amide bonds. The fourth-order valence-corrected chi connectivity index (χ4v) is 6.29. The molecule has 5 nitrogen and oxygen atoms in total. The molecule has 0 radical (unpaired) electrons. The van der Waals surface area contributed by atoms with E-state index in [4.69, 9.17) is 4.99 Å². The molecule has 200 valence electrons. The standard InChI is InChI=1S/C31H36FIN4O/c1-5-23(17-24-9-7-6-8-10-24)19-35-30(34-4)22(3)37-16-15-36(20-29(37)33)31(38)27-14-12-25-11-13-26(32)18-28(25)21(27)2/h6-11,13,18-19,23,29H,3,5,12,14-17,20H2,1-2,4H3/b34-30-,35-19-. The van der Waals surface area contributed by atoms with Crippen molar-refractivity contribution in [2.75, 3.05) is 26.7 Å². The predicted octanol–water partition coefficient (Wildman–Crippen LogP) is 6.33. The molecule has 0 bridgehead atoms. The molecule has 7 heteroatoms. The summed E-state index contributed by atoms with van der Waals surface area (Å²) in [6.45, 7) is 10.3. The minimum absolute atomic E-state index is 0.0465. The zero-order valence-electron chi connectivity index (χ0n) is 22.5. The molecule has 1 aliphatic heterocycles. The Morgan fingerprint density at radius 3 is 2.66 bits per heavy atom. The summed E-state index contributed by atoms with van der Waals surface area (Å²) in [4.78, 5) is 26.8. The lowest BCUT2D eigenvalue weighted by Gasteiger charge is -2.41. The first-order chi connectivity index (χ1) is 18.3. The van der Waals surface area contributed by atoms with Gasteiger partial charge in [0.2, 0.25) is 5.91 Å². The van der Waals surface area contributed by atoms with E-state index in [9.17, 15) is 9.18 Å². The van der Waals surface area contributed by atoms with Crippen LogP contribution in [-0.4, -0.2) is 58.5 Å². The summed E-state index contributed by atoms with van der Waals surface area (Å²) >= 11 is 2.38. The van der Waals surface area contributed by atoms with Crippen LogP contribution in [0.15, 0.2) is 76.4 Å². The van der Waals surface area contributed by atoms with Crippen molar-refractivity contribution in [1.29, 1.82) is 0 Å². The number of allylic oxidation sites excluding steroid dienone is 1. The zero-order valence-corrected chi connectivity index (χ0v) is 24.6. The second-order valence-electron chi connectivity index (χ2n) is 9.91. The maximum atomic E-state index is 13.9. The van der Waals surface area contributed by atoms with Crippen LogP contribution in [0, 0.1) is 11.7 Å². The van der Waals surface area contributed by atoms with Crippen molar-refractivity contribution < 1.29 is 9.18 Å². The smallest absolute Gasteiger partial charge is 0.250 e. The lowest BCUT2D eigenvalue weighted by Crippen LogP contribution is -2.53. The number of rotatable bonds is 7. The van der Waals surface area contributed by atoms with Crippen molar-refractivity contribution >= 4 is 46.1 Å². The van der Waals surface area contributed by atoms with Crippen LogP contribution in [0.2, 0.25) is 0 Å². The maximum absolute atomic E-state index is 13.9. The molecule has 4 rings (SSSR count). The second kappa shape index (κ2) is 12.8. The lowest BCUT2D eigenvalue weighted by atomic mass is 9.85. The number of aliphatic imine (C=N–C) groups is 2. The quantitative estimate of drug-likeness (QED) is 0.119. The van der Waals surface area contributed by atoms with E-state index in [-0.39, 0.29) is 15.8 Å². The number of piperazine rings is 1. The average Bonchev–Trinajstić information content (AvgIpc) is 2.93. The SMILES string of the molecule is C=C(C(/N=C\C(CC)Cc1ccccc1)=N/C)N1CCN(C(=O)C2=C(C)c3cc(F)ccc3CC2)CC1I. The van der Waals surface area contributed by atoms with Crippen LogP contribution in [0.1, 0.15) is 43.4 Å². The molecule has 2 aliphatic rings. The number of amidine groups is 1. The Morgan fingerprint density at radius 2 is 1.97 bits per heavy atom. The van der Waals surface area contributed by atoms with Gasteiger partial charge in [0.25, 0.3) is 0 Å². The van der Waals surface area contributed by atoms with E-state index in [1.54, 1.807) is 13.1 Å². The van der Waals surface area contributed by atoms with Crippen molar-refractivity contribution in [2.24, 2.45) is 15.9 Å². The highest BCUT2D eigenvalue weighted by Crippen LogP contribution is 2.33. The summed E-state index contributed by atoms with van der Waals surface area (Å²) in [7, 11) is 1.75. The largest absolute Gasteiger partial charge is 0.354 e.